The summed E-state index contributed by atoms with van der Waals surface area (Å²) in [6.07, 6.45) is 5.26. The van der Waals surface area contributed by atoms with Gasteiger partial charge in [0.05, 0.1) is 12.6 Å². The van der Waals surface area contributed by atoms with Crippen LogP contribution in [0.5, 0.6) is 0 Å². The van der Waals surface area contributed by atoms with Gasteiger partial charge in [0.25, 0.3) is 0 Å². The van der Waals surface area contributed by atoms with Crippen LogP contribution < -0.4 is 0 Å². The normalized spacial score (nSPS) is 19.7. The van der Waals surface area contributed by atoms with Crippen molar-refractivity contribution < 1.29 is 9.90 Å². The summed E-state index contributed by atoms with van der Waals surface area (Å²) in [4.78, 5) is 13.7. The van der Waals surface area contributed by atoms with E-state index in [-0.39, 0.29) is 18.6 Å². The van der Waals surface area contributed by atoms with Crippen molar-refractivity contribution in [1.82, 2.24) is 4.90 Å². The number of hydrogen-bond acceptors (Lipinski definition) is 2. The molecule has 1 fully saturated rings. The number of aliphatic hydroxyl groups excluding tert-OH is 1. The number of benzene rings is 1. The number of amides is 1. The molecule has 0 bridgehead atoms. The van der Waals surface area contributed by atoms with E-state index in [4.69, 9.17) is 0 Å². The Kier molecular flexibility index (Phi) is 4.55. The van der Waals surface area contributed by atoms with Gasteiger partial charge in [-0.2, -0.15) is 0 Å². The third kappa shape index (κ3) is 3.21. The van der Waals surface area contributed by atoms with E-state index < -0.39 is 0 Å². The second-order valence-corrected chi connectivity index (χ2v) is 5.31. The maximum absolute atomic E-state index is 12.0. The zero-order valence-corrected chi connectivity index (χ0v) is 11.6. The molecule has 1 N–H and O–H groups in total. The highest BCUT2D eigenvalue weighted by molar-refractivity contribution is 9.10. The van der Waals surface area contributed by atoms with E-state index in [1.165, 1.54) is 0 Å². The number of halogens is 1. The minimum Gasteiger partial charge on any atom is -0.394 e. The van der Waals surface area contributed by atoms with Crippen molar-refractivity contribution in [1.29, 1.82) is 0 Å². The lowest BCUT2D eigenvalue weighted by atomic mass is 10.2. The first-order valence-corrected chi connectivity index (χ1v) is 6.85. The van der Waals surface area contributed by atoms with E-state index in [1.54, 1.807) is 11.0 Å². The Balaban J connectivity index is 2.00. The van der Waals surface area contributed by atoms with Crippen LogP contribution in [-0.2, 0) is 4.79 Å². The summed E-state index contributed by atoms with van der Waals surface area (Å²) in [5.41, 5.74) is 0.992. The number of likely N-dealkylation sites (tertiary alicyclic amines) is 1. The standard InChI is InChI=1S/C14H16BrNO2/c15-12-6-3-11(4-7-12)5-8-14(18)16-9-1-2-13(16)10-17/h3-8,13,17H,1-2,9-10H2/b8-5+. The Hall–Kier alpha value is -1.13. The lowest BCUT2D eigenvalue weighted by Crippen LogP contribution is -2.36. The number of nitrogens with zero attached hydrogens (tertiary/aromatic N) is 1. The van der Waals surface area contributed by atoms with E-state index in [1.807, 2.05) is 30.3 Å². The Labute approximate surface area is 115 Å². The van der Waals surface area contributed by atoms with Crippen molar-refractivity contribution in [3.05, 3.63) is 40.4 Å². The highest BCUT2D eigenvalue weighted by atomic mass is 79.9. The van der Waals surface area contributed by atoms with E-state index in [9.17, 15) is 9.90 Å². The Bertz CT molecular complexity index is 442. The van der Waals surface area contributed by atoms with E-state index in [0.717, 1.165) is 29.4 Å². The Morgan fingerprint density at radius 3 is 2.83 bits per heavy atom. The predicted molar refractivity (Wildman–Crippen MR) is 75.0 cm³/mol. The van der Waals surface area contributed by atoms with E-state index in [2.05, 4.69) is 15.9 Å². The van der Waals surface area contributed by atoms with Crippen LogP contribution in [0.25, 0.3) is 6.08 Å². The van der Waals surface area contributed by atoms with Crippen LogP contribution in [0.4, 0.5) is 0 Å². The van der Waals surface area contributed by atoms with Gasteiger partial charge in [0.2, 0.25) is 5.91 Å². The zero-order chi connectivity index (χ0) is 13.0. The zero-order valence-electron chi connectivity index (χ0n) is 10.1. The summed E-state index contributed by atoms with van der Waals surface area (Å²) in [5.74, 6) is -0.0190. The molecule has 1 amide bonds. The number of aliphatic hydroxyl groups is 1. The van der Waals surface area contributed by atoms with Crippen LogP contribution >= 0.6 is 15.9 Å². The lowest BCUT2D eigenvalue weighted by Gasteiger charge is -2.21. The molecular weight excluding hydrogens is 294 g/mol. The molecule has 96 valence electrons. The monoisotopic (exact) mass is 309 g/mol. The molecule has 1 unspecified atom stereocenters. The topological polar surface area (TPSA) is 40.5 Å². The van der Waals surface area contributed by atoms with Crippen LogP contribution in [0.1, 0.15) is 18.4 Å². The maximum atomic E-state index is 12.0. The molecule has 1 atom stereocenters. The van der Waals surface area contributed by atoms with Crippen molar-refractivity contribution in [3.63, 3.8) is 0 Å². The molecule has 18 heavy (non-hydrogen) atoms. The van der Waals surface area contributed by atoms with Gasteiger partial charge in [0.1, 0.15) is 0 Å². The lowest BCUT2D eigenvalue weighted by molar-refractivity contribution is -0.127. The number of rotatable bonds is 3. The second kappa shape index (κ2) is 6.16. The molecule has 2 rings (SSSR count). The summed E-state index contributed by atoms with van der Waals surface area (Å²) in [5, 5.41) is 9.18. The van der Waals surface area contributed by atoms with Crippen molar-refractivity contribution >= 4 is 27.9 Å². The molecule has 1 aromatic carbocycles. The molecule has 1 aliphatic heterocycles. The molecule has 1 aliphatic rings. The highest BCUT2D eigenvalue weighted by Crippen LogP contribution is 2.17. The number of hydrogen-bond donors (Lipinski definition) is 1. The van der Waals surface area contributed by atoms with Gasteiger partial charge in [-0.25, -0.2) is 0 Å². The molecule has 1 aromatic rings. The summed E-state index contributed by atoms with van der Waals surface area (Å²) >= 11 is 3.37. The van der Waals surface area contributed by atoms with Crippen LogP contribution in [-0.4, -0.2) is 35.1 Å². The average Bonchev–Trinajstić information content (AvgIpc) is 2.86. The minimum absolute atomic E-state index is 0.00734. The molecular formula is C14H16BrNO2. The first-order valence-electron chi connectivity index (χ1n) is 6.06. The quantitative estimate of drug-likeness (QED) is 0.871. The molecule has 0 aliphatic carbocycles. The molecule has 0 spiro atoms. The van der Waals surface area contributed by atoms with Gasteiger partial charge < -0.3 is 10.0 Å². The average molecular weight is 310 g/mol. The molecule has 0 saturated carbocycles. The number of carbonyl (C=O) groups excluding carboxylic acids is 1. The molecule has 1 heterocycles. The first kappa shape index (κ1) is 13.3. The second-order valence-electron chi connectivity index (χ2n) is 4.40. The van der Waals surface area contributed by atoms with Crippen LogP contribution in [0.3, 0.4) is 0 Å². The van der Waals surface area contributed by atoms with Crippen LogP contribution in [0, 0.1) is 0 Å². The fraction of sp³-hybridized carbons (Fsp3) is 0.357. The van der Waals surface area contributed by atoms with Gasteiger partial charge in [-0.3, -0.25) is 4.79 Å². The molecule has 0 radical (unpaired) electrons. The van der Waals surface area contributed by atoms with Crippen molar-refractivity contribution in [3.8, 4) is 0 Å². The third-order valence-corrected chi connectivity index (χ3v) is 3.69. The van der Waals surface area contributed by atoms with Crippen LogP contribution in [0.2, 0.25) is 0 Å². The molecule has 1 saturated heterocycles. The predicted octanol–water partition coefficient (Wildman–Crippen LogP) is 2.45. The van der Waals surface area contributed by atoms with Crippen molar-refractivity contribution in [2.75, 3.05) is 13.2 Å². The molecule has 0 aromatic heterocycles. The van der Waals surface area contributed by atoms with Gasteiger partial charge in [0, 0.05) is 17.1 Å². The van der Waals surface area contributed by atoms with Gasteiger partial charge in [0.15, 0.2) is 0 Å². The largest absolute Gasteiger partial charge is 0.394 e. The van der Waals surface area contributed by atoms with E-state index >= 15 is 0 Å². The first-order chi connectivity index (χ1) is 8.70. The maximum Gasteiger partial charge on any atom is 0.246 e. The molecule has 3 nitrogen and oxygen atoms in total. The Morgan fingerprint density at radius 2 is 2.17 bits per heavy atom. The van der Waals surface area contributed by atoms with Crippen molar-refractivity contribution in [2.45, 2.75) is 18.9 Å². The van der Waals surface area contributed by atoms with Crippen LogP contribution in [0.15, 0.2) is 34.8 Å². The Morgan fingerprint density at radius 1 is 1.44 bits per heavy atom. The van der Waals surface area contributed by atoms with Crippen molar-refractivity contribution in [2.24, 2.45) is 0 Å². The van der Waals surface area contributed by atoms with Gasteiger partial charge >= 0.3 is 0 Å². The minimum atomic E-state index is -0.0190. The fourth-order valence-corrected chi connectivity index (χ4v) is 2.42. The summed E-state index contributed by atoms with van der Waals surface area (Å²) in [6.45, 7) is 0.798. The SMILES string of the molecule is O=C(/C=C/c1ccc(Br)cc1)N1CCCC1CO. The van der Waals surface area contributed by atoms with Gasteiger partial charge in [-0.15, -0.1) is 0 Å². The molecule has 4 heteroatoms. The van der Waals surface area contributed by atoms with Gasteiger partial charge in [-0.05, 0) is 36.6 Å². The number of carbonyl (C=O) groups is 1. The fourth-order valence-electron chi connectivity index (χ4n) is 2.15. The van der Waals surface area contributed by atoms with E-state index in [0.29, 0.717) is 0 Å². The third-order valence-electron chi connectivity index (χ3n) is 3.16. The summed E-state index contributed by atoms with van der Waals surface area (Å²) < 4.78 is 1.02. The summed E-state index contributed by atoms with van der Waals surface area (Å²) in [7, 11) is 0. The van der Waals surface area contributed by atoms with Gasteiger partial charge in [-0.1, -0.05) is 28.1 Å². The smallest absolute Gasteiger partial charge is 0.246 e. The summed E-state index contributed by atoms with van der Waals surface area (Å²) in [6, 6.07) is 7.77. The highest BCUT2D eigenvalue weighted by Gasteiger charge is 2.26.